The zero-order valence-electron chi connectivity index (χ0n) is 20.9. The number of aromatic nitrogens is 3. The summed E-state index contributed by atoms with van der Waals surface area (Å²) >= 11 is 1.61. The van der Waals surface area contributed by atoms with Crippen molar-refractivity contribution in [2.24, 2.45) is 11.8 Å². The van der Waals surface area contributed by atoms with Crippen LogP contribution in [0.25, 0.3) is 11.0 Å². The third kappa shape index (κ3) is 3.95. The first-order valence-electron chi connectivity index (χ1n) is 12.5. The molecule has 1 aromatic heterocycles. The minimum Gasteiger partial charge on any atom is -0.395 e. The highest BCUT2D eigenvalue weighted by Gasteiger charge is 2.73. The quantitative estimate of drug-likeness (QED) is 0.464. The Bertz CT molecular complexity index is 1250. The molecule has 4 heterocycles. The zero-order valence-corrected chi connectivity index (χ0v) is 21.7. The van der Waals surface area contributed by atoms with E-state index in [9.17, 15) is 19.5 Å². The molecule has 1 N–H and O–H groups in total. The summed E-state index contributed by atoms with van der Waals surface area (Å²) in [6.45, 7) is 8.11. The van der Waals surface area contributed by atoms with Gasteiger partial charge in [0, 0.05) is 31.9 Å². The number of amides is 3. The Kier molecular flexibility index (Phi) is 6.84. The number of carbonyl (C=O) groups excluding carboxylic acids is 3. The van der Waals surface area contributed by atoms with Gasteiger partial charge in [0.15, 0.2) is 0 Å². The summed E-state index contributed by atoms with van der Waals surface area (Å²) in [6.07, 6.45) is 4.74. The van der Waals surface area contributed by atoms with Crippen molar-refractivity contribution in [1.29, 1.82) is 0 Å². The first-order valence-corrected chi connectivity index (χ1v) is 13.4. The molecule has 5 rings (SSSR count). The van der Waals surface area contributed by atoms with Gasteiger partial charge in [-0.25, -0.2) is 4.68 Å². The number of aliphatic hydroxyl groups excluding tert-OH is 1. The van der Waals surface area contributed by atoms with Crippen molar-refractivity contribution in [3.63, 3.8) is 0 Å². The number of hydrogen-bond donors (Lipinski definition) is 1. The number of hydrogen-bond acceptors (Lipinski definition) is 7. The Morgan fingerprint density at radius 1 is 1.24 bits per heavy atom. The summed E-state index contributed by atoms with van der Waals surface area (Å²) in [5, 5.41) is 18.2. The Balaban J connectivity index is 1.50. The van der Waals surface area contributed by atoms with Gasteiger partial charge in [-0.3, -0.25) is 14.4 Å². The molecule has 3 aliphatic rings. The summed E-state index contributed by atoms with van der Waals surface area (Å²) in [7, 11) is 1.72. The molecule has 2 aromatic rings. The molecule has 2 unspecified atom stereocenters. The van der Waals surface area contributed by atoms with Crippen molar-refractivity contribution in [3.8, 4) is 0 Å². The lowest BCUT2D eigenvalue weighted by molar-refractivity contribution is -0.145. The van der Waals surface area contributed by atoms with Crippen LogP contribution in [0.5, 0.6) is 0 Å². The lowest BCUT2D eigenvalue weighted by Crippen LogP contribution is -2.55. The molecular formula is C26H32N6O4S. The van der Waals surface area contributed by atoms with E-state index in [1.54, 1.807) is 45.4 Å². The molecule has 11 heteroatoms. The number of rotatable bonds is 10. The zero-order chi connectivity index (χ0) is 26.3. The Morgan fingerprint density at radius 3 is 2.73 bits per heavy atom. The highest BCUT2D eigenvalue weighted by molar-refractivity contribution is 8.02. The van der Waals surface area contributed by atoms with Crippen LogP contribution >= 0.6 is 11.8 Å². The van der Waals surface area contributed by atoms with Crippen molar-refractivity contribution in [3.05, 3.63) is 49.6 Å². The molecule has 196 valence electrons. The van der Waals surface area contributed by atoms with Crippen LogP contribution in [0.3, 0.4) is 0 Å². The second kappa shape index (κ2) is 9.94. The molecule has 5 atom stereocenters. The molecule has 10 nitrogen and oxygen atoms in total. The number of thioether (sulfide) groups is 1. The largest absolute Gasteiger partial charge is 0.395 e. The van der Waals surface area contributed by atoms with Gasteiger partial charge in [-0.1, -0.05) is 29.5 Å². The van der Waals surface area contributed by atoms with Crippen molar-refractivity contribution >= 4 is 40.5 Å². The van der Waals surface area contributed by atoms with E-state index in [0.717, 1.165) is 17.5 Å². The lowest BCUT2D eigenvalue weighted by atomic mass is 9.70. The number of likely N-dealkylation sites (N-methyl/N-ethyl adjacent to an activating group) is 1. The third-order valence-electron chi connectivity index (χ3n) is 7.83. The minimum atomic E-state index is -0.788. The summed E-state index contributed by atoms with van der Waals surface area (Å²) in [5.41, 5.74) is 1.52. The number of aliphatic hydroxyl groups is 1. The van der Waals surface area contributed by atoms with Crippen LogP contribution in [0.15, 0.2) is 49.6 Å². The fraction of sp³-hybridized carbons (Fsp3) is 0.500. The number of likely N-dealkylation sites (tertiary alicyclic amines) is 1. The number of β-amino-alcohol motifs (C(OH)–C–C–N with tert-alkyl or cyclic N) is 1. The molecule has 0 saturated carbocycles. The molecule has 3 saturated heterocycles. The molecule has 3 fully saturated rings. The van der Waals surface area contributed by atoms with Crippen LogP contribution in [0.2, 0.25) is 0 Å². The number of para-hydroxylation sites is 1. The van der Waals surface area contributed by atoms with E-state index in [1.165, 1.54) is 4.90 Å². The number of nitrogens with zero attached hydrogens (tertiary/aromatic N) is 6. The average molecular weight is 525 g/mol. The predicted molar refractivity (Wildman–Crippen MR) is 140 cm³/mol. The molecule has 37 heavy (non-hydrogen) atoms. The van der Waals surface area contributed by atoms with Gasteiger partial charge in [0.25, 0.3) is 0 Å². The summed E-state index contributed by atoms with van der Waals surface area (Å²) in [4.78, 5) is 46.3. The van der Waals surface area contributed by atoms with Crippen LogP contribution in [0.4, 0.5) is 0 Å². The van der Waals surface area contributed by atoms with E-state index in [2.05, 4.69) is 23.5 Å². The highest BCUT2D eigenvalue weighted by atomic mass is 32.2. The summed E-state index contributed by atoms with van der Waals surface area (Å²) in [5.74, 6) is -1.65. The van der Waals surface area contributed by atoms with Crippen LogP contribution < -0.4 is 0 Å². The maximum atomic E-state index is 14.3. The van der Waals surface area contributed by atoms with Crippen LogP contribution in [-0.2, 0) is 21.1 Å². The Hall–Kier alpha value is -3.18. The minimum absolute atomic E-state index is 0.0209. The summed E-state index contributed by atoms with van der Waals surface area (Å²) in [6, 6.07) is 6.72. The molecule has 3 aliphatic heterocycles. The fourth-order valence-corrected chi connectivity index (χ4v) is 8.54. The smallest absolute Gasteiger partial charge is 0.248 e. The monoisotopic (exact) mass is 524 g/mol. The van der Waals surface area contributed by atoms with Crippen LogP contribution in [0, 0.1) is 11.8 Å². The van der Waals surface area contributed by atoms with Crippen LogP contribution in [0.1, 0.15) is 12.8 Å². The van der Waals surface area contributed by atoms with Crippen molar-refractivity contribution in [2.45, 2.75) is 35.5 Å². The van der Waals surface area contributed by atoms with E-state index in [-0.39, 0.29) is 49.3 Å². The topological polar surface area (TPSA) is 112 Å². The normalized spacial score (nSPS) is 27.9. The van der Waals surface area contributed by atoms with Gasteiger partial charge in [-0.05, 0) is 25.0 Å². The second-order valence-corrected chi connectivity index (χ2v) is 11.5. The maximum Gasteiger partial charge on any atom is 0.248 e. The van der Waals surface area contributed by atoms with Crippen molar-refractivity contribution in [2.75, 3.05) is 33.3 Å². The Morgan fingerprint density at radius 2 is 2.00 bits per heavy atom. The van der Waals surface area contributed by atoms with Gasteiger partial charge in [-0.15, -0.1) is 30.0 Å². The van der Waals surface area contributed by atoms with Gasteiger partial charge in [-0.2, -0.15) is 0 Å². The van der Waals surface area contributed by atoms with Gasteiger partial charge in [0.05, 0.1) is 28.7 Å². The molecular weight excluding hydrogens is 492 g/mol. The number of fused-ring (bicyclic) bond motifs is 2. The predicted octanol–water partition coefficient (Wildman–Crippen LogP) is 1.13. The first-order chi connectivity index (χ1) is 17.9. The standard InChI is InChI=1S/C26H32N6O4S/c1-4-12-29(3)23(34)20-19-10-11-26(37-19)21(20)24(35)31(14-15-33)22(26)25(36)30(13-5-2)16-32-18-9-7-6-8-17(18)27-28-32/h4-9,19-22,33H,1-2,10-16H2,3H3/t19-,20+,21+,22?,26?/m1/s1. The van der Waals surface area contributed by atoms with E-state index in [4.69, 9.17) is 0 Å². The van der Waals surface area contributed by atoms with Gasteiger partial charge in [0.1, 0.15) is 18.2 Å². The SMILES string of the molecule is C=CCN(C)C(=O)[C@@H]1[C@H]2C(=O)N(CCO)C(C(=O)N(CC=C)Cn3nnc4ccccc43)C23CC[C@H]1S3. The molecule has 1 spiro atoms. The van der Waals surface area contributed by atoms with Crippen LogP contribution in [-0.4, -0.2) is 102 Å². The number of carbonyl (C=O) groups is 3. The first kappa shape index (κ1) is 25.5. The van der Waals surface area contributed by atoms with Crippen molar-refractivity contribution < 1.29 is 19.5 Å². The lowest BCUT2D eigenvalue weighted by Gasteiger charge is -2.37. The number of benzene rings is 1. The maximum absolute atomic E-state index is 14.3. The van der Waals surface area contributed by atoms with E-state index in [0.29, 0.717) is 13.0 Å². The average Bonchev–Trinajstić information content (AvgIpc) is 3.63. The molecule has 0 radical (unpaired) electrons. The molecule has 1 aromatic carbocycles. The van der Waals surface area contributed by atoms with E-state index < -0.39 is 22.6 Å². The van der Waals surface area contributed by atoms with Crippen molar-refractivity contribution in [1.82, 2.24) is 29.7 Å². The Labute approximate surface area is 219 Å². The van der Waals surface area contributed by atoms with Gasteiger partial charge in [0.2, 0.25) is 17.7 Å². The summed E-state index contributed by atoms with van der Waals surface area (Å²) < 4.78 is 0.946. The fourth-order valence-electron chi connectivity index (χ4n) is 6.33. The molecule has 3 amide bonds. The van der Waals surface area contributed by atoms with Gasteiger partial charge < -0.3 is 19.8 Å². The highest BCUT2D eigenvalue weighted by Crippen LogP contribution is 2.66. The third-order valence-corrected chi connectivity index (χ3v) is 9.78. The van der Waals surface area contributed by atoms with E-state index in [1.807, 2.05) is 24.3 Å². The molecule has 0 aliphatic carbocycles. The second-order valence-electron chi connectivity index (χ2n) is 9.89. The van der Waals surface area contributed by atoms with E-state index >= 15 is 0 Å². The van der Waals surface area contributed by atoms with Gasteiger partial charge >= 0.3 is 0 Å². The molecule has 2 bridgehead atoms.